The van der Waals surface area contributed by atoms with Gasteiger partial charge in [-0.05, 0) is 26.1 Å². The fourth-order valence-electron chi connectivity index (χ4n) is 1.42. The van der Waals surface area contributed by atoms with Gasteiger partial charge in [-0.3, -0.25) is 0 Å². The van der Waals surface area contributed by atoms with Crippen molar-refractivity contribution in [3.05, 3.63) is 29.8 Å². The van der Waals surface area contributed by atoms with E-state index in [0.29, 0.717) is 0 Å². The van der Waals surface area contributed by atoms with Gasteiger partial charge in [0.2, 0.25) is 0 Å². The Kier molecular flexibility index (Phi) is 5.90. The first-order chi connectivity index (χ1) is 7.72. The first-order valence-corrected chi connectivity index (χ1v) is 5.70. The third kappa shape index (κ3) is 5.14. The number of likely N-dealkylation sites (N-methyl/N-ethyl adjacent to an activating group) is 1. The van der Waals surface area contributed by atoms with Gasteiger partial charge >= 0.3 is 0 Å². The highest BCUT2D eigenvalue weighted by Gasteiger charge is 1.97. The Hall–Kier alpha value is -1.06. The molecule has 90 valence electrons. The Labute approximate surface area is 98.4 Å². The molecule has 0 bridgehead atoms. The van der Waals surface area contributed by atoms with E-state index in [1.807, 2.05) is 0 Å². The average Bonchev–Trinajstić information content (AvgIpc) is 2.29. The first kappa shape index (κ1) is 13.0. The quantitative estimate of drug-likeness (QED) is 0.763. The van der Waals surface area contributed by atoms with Crippen LogP contribution < -0.4 is 5.32 Å². The van der Waals surface area contributed by atoms with Crippen LogP contribution in [0, 0.1) is 6.92 Å². The summed E-state index contributed by atoms with van der Waals surface area (Å²) in [6.45, 7) is 5.86. The van der Waals surface area contributed by atoms with Crippen LogP contribution in [0.25, 0.3) is 0 Å². The zero-order valence-corrected chi connectivity index (χ0v) is 10.5. The summed E-state index contributed by atoms with van der Waals surface area (Å²) in [7, 11) is 3.84. The van der Waals surface area contributed by atoms with Gasteiger partial charge in [0, 0.05) is 32.4 Å². The van der Waals surface area contributed by atoms with Crippen molar-refractivity contribution in [2.75, 3.05) is 45.7 Å². The molecular formula is C13H22N2O. The van der Waals surface area contributed by atoms with E-state index >= 15 is 0 Å². The second-order valence-corrected chi connectivity index (χ2v) is 4.09. The van der Waals surface area contributed by atoms with Crippen molar-refractivity contribution in [1.29, 1.82) is 0 Å². The van der Waals surface area contributed by atoms with Gasteiger partial charge in [-0.25, -0.2) is 0 Å². The highest BCUT2D eigenvalue weighted by atomic mass is 16.5. The molecule has 0 aliphatic carbocycles. The monoisotopic (exact) mass is 222 g/mol. The third-order valence-corrected chi connectivity index (χ3v) is 2.55. The van der Waals surface area contributed by atoms with Crippen LogP contribution in [0.5, 0.6) is 0 Å². The largest absolute Gasteiger partial charge is 0.384 e. The number of hydrogen-bond donors (Lipinski definition) is 1. The molecular weight excluding hydrogens is 200 g/mol. The number of hydrogen-bond acceptors (Lipinski definition) is 3. The molecule has 0 saturated carbocycles. The van der Waals surface area contributed by atoms with E-state index in [4.69, 9.17) is 4.74 Å². The van der Waals surface area contributed by atoms with Crippen LogP contribution >= 0.6 is 0 Å². The molecule has 1 N–H and O–H groups in total. The SMILES string of the molecule is COCCN(C)CCNc1ccc(C)cc1. The maximum atomic E-state index is 5.03. The van der Waals surface area contributed by atoms with E-state index in [9.17, 15) is 0 Å². The predicted octanol–water partition coefficient (Wildman–Crippen LogP) is 1.99. The van der Waals surface area contributed by atoms with Crippen LogP contribution in [-0.2, 0) is 4.74 Å². The molecule has 16 heavy (non-hydrogen) atoms. The van der Waals surface area contributed by atoms with Crippen LogP contribution in [0.1, 0.15) is 5.56 Å². The van der Waals surface area contributed by atoms with E-state index in [1.54, 1.807) is 7.11 Å². The maximum absolute atomic E-state index is 5.03. The lowest BCUT2D eigenvalue weighted by molar-refractivity contribution is 0.163. The molecule has 3 nitrogen and oxygen atoms in total. The summed E-state index contributed by atoms with van der Waals surface area (Å²) < 4.78 is 5.03. The lowest BCUT2D eigenvalue weighted by Gasteiger charge is -2.16. The molecule has 1 aromatic carbocycles. The second kappa shape index (κ2) is 7.25. The summed E-state index contributed by atoms with van der Waals surface area (Å²) in [5.74, 6) is 0. The molecule has 0 aromatic heterocycles. The molecule has 0 radical (unpaired) electrons. The summed E-state index contributed by atoms with van der Waals surface area (Å²) in [6, 6.07) is 8.48. The van der Waals surface area contributed by atoms with Gasteiger partial charge in [0.05, 0.1) is 6.61 Å². The molecule has 0 amide bonds. The topological polar surface area (TPSA) is 24.5 Å². The van der Waals surface area contributed by atoms with Crippen LogP contribution in [0.2, 0.25) is 0 Å². The minimum absolute atomic E-state index is 0.793. The molecule has 0 unspecified atom stereocenters. The summed E-state index contributed by atoms with van der Waals surface area (Å²) in [5, 5.41) is 3.40. The number of anilines is 1. The number of rotatable bonds is 7. The molecule has 3 heteroatoms. The molecule has 0 fully saturated rings. The Balaban J connectivity index is 2.17. The lowest BCUT2D eigenvalue weighted by atomic mass is 10.2. The summed E-state index contributed by atoms with van der Waals surface area (Å²) >= 11 is 0. The Morgan fingerprint density at radius 1 is 1.19 bits per heavy atom. The molecule has 0 spiro atoms. The normalized spacial score (nSPS) is 10.8. The summed E-state index contributed by atoms with van der Waals surface area (Å²) in [6.07, 6.45) is 0. The maximum Gasteiger partial charge on any atom is 0.0589 e. The lowest BCUT2D eigenvalue weighted by Crippen LogP contribution is -2.28. The summed E-state index contributed by atoms with van der Waals surface area (Å²) in [5.41, 5.74) is 2.48. The van der Waals surface area contributed by atoms with E-state index in [1.165, 1.54) is 11.3 Å². The van der Waals surface area contributed by atoms with Crippen molar-refractivity contribution >= 4 is 5.69 Å². The third-order valence-electron chi connectivity index (χ3n) is 2.55. The zero-order valence-electron chi connectivity index (χ0n) is 10.5. The molecule has 0 saturated heterocycles. The van der Waals surface area contributed by atoms with Gasteiger partial charge in [-0.2, -0.15) is 0 Å². The number of aryl methyl sites for hydroxylation is 1. The second-order valence-electron chi connectivity index (χ2n) is 4.09. The van der Waals surface area contributed by atoms with E-state index in [0.717, 1.165) is 26.2 Å². The number of nitrogens with one attached hydrogen (secondary N) is 1. The molecule has 0 heterocycles. The highest BCUT2D eigenvalue weighted by Crippen LogP contribution is 2.07. The Morgan fingerprint density at radius 2 is 1.88 bits per heavy atom. The predicted molar refractivity (Wildman–Crippen MR) is 69.0 cm³/mol. The Morgan fingerprint density at radius 3 is 2.50 bits per heavy atom. The van der Waals surface area contributed by atoms with Gasteiger partial charge < -0.3 is 15.0 Å². The van der Waals surface area contributed by atoms with Crippen molar-refractivity contribution in [3.63, 3.8) is 0 Å². The summed E-state index contributed by atoms with van der Waals surface area (Å²) in [4.78, 5) is 2.25. The van der Waals surface area contributed by atoms with Crippen LogP contribution in [0.4, 0.5) is 5.69 Å². The zero-order chi connectivity index (χ0) is 11.8. The van der Waals surface area contributed by atoms with E-state index < -0.39 is 0 Å². The average molecular weight is 222 g/mol. The smallest absolute Gasteiger partial charge is 0.0589 e. The minimum atomic E-state index is 0.793. The standard InChI is InChI=1S/C13H22N2O/c1-12-4-6-13(7-5-12)14-8-9-15(2)10-11-16-3/h4-7,14H,8-11H2,1-3H3. The Bertz CT molecular complexity index is 284. The minimum Gasteiger partial charge on any atom is -0.384 e. The first-order valence-electron chi connectivity index (χ1n) is 5.70. The van der Waals surface area contributed by atoms with Gasteiger partial charge in [0.1, 0.15) is 0 Å². The molecule has 0 aliphatic heterocycles. The number of nitrogens with zero attached hydrogens (tertiary/aromatic N) is 1. The highest BCUT2D eigenvalue weighted by molar-refractivity contribution is 5.44. The number of ether oxygens (including phenoxy) is 1. The van der Waals surface area contributed by atoms with Gasteiger partial charge in [0.15, 0.2) is 0 Å². The number of methoxy groups -OCH3 is 1. The van der Waals surface area contributed by atoms with Gasteiger partial charge in [-0.15, -0.1) is 0 Å². The van der Waals surface area contributed by atoms with Crippen molar-refractivity contribution in [1.82, 2.24) is 4.90 Å². The number of benzene rings is 1. The molecule has 0 aliphatic rings. The van der Waals surface area contributed by atoms with Crippen molar-refractivity contribution in [3.8, 4) is 0 Å². The molecule has 1 aromatic rings. The molecule has 1 rings (SSSR count). The molecule has 0 atom stereocenters. The van der Waals surface area contributed by atoms with Crippen molar-refractivity contribution in [2.24, 2.45) is 0 Å². The van der Waals surface area contributed by atoms with Crippen LogP contribution in [-0.4, -0.2) is 45.3 Å². The van der Waals surface area contributed by atoms with Crippen molar-refractivity contribution in [2.45, 2.75) is 6.92 Å². The van der Waals surface area contributed by atoms with Gasteiger partial charge in [0.25, 0.3) is 0 Å². The fourth-order valence-corrected chi connectivity index (χ4v) is 1.42. The van der Waals surface area contributed by atoms with Crippen LogP contribution in [0.3, 0.4) is 0 Å². The van der Waals surface area contributed by atoms with Crippen LogP contribution in [0.15, 0.2) is 24.3 Å². The van der Waals surface area contributed by atoms with E-state index in [2.05, 4.69) is 48.5 Å². The van der Waals surface area contributed by atoms with E-state index in [-0.39, 0.29) is 0 Å². The fraction of sp³-hybridized carbons (Fsp3) is 0.538. The van der Waals surface area contributed by atoms with Crippen molar-refractivity contribution < 1.29 is 4.74 Å². The van der Waals surface area contributed by atoms with Gasteiger partial charge in [-0.1, -0.05) is 17.7 Å².